The van der Waals surface area contributed by atoms with Crippen molar-refractivity contribution in [1.29, 1.82) is 0 Å². The van der Waals surface area contributed by atoms with Crippen molar-refractivity contribution in [3.8, 4) is 0 Å². The van der Waals surface area contributed by atoms with Crippen LogP contribution >= 0.6 is 0 Å². The van der Waals surface area contributed by atoms with Gasteiger partial charge in [-0.1, -0.05) is 17.3 Å². The maximum Gasteiger partial charge on any atom is 0.322 e. The van der Waals surface area contributed by atoms with E-state index >= 15 is 0 Å². The van der Waals surface area contributed by atoms with Gasteiger partial charge in [0.05, 0.1) is 11.7 Å². The third-order valence-electron chi connectivity index (χ3n) is 3.21. The third-order valence-corrected chi connectivity index (χ3v) is 3.21. The molecule has 2 heterocycles. The molecule has 0 radical (unpaired) electrons. The van der Waals surface area contributed by atoms with Crippen molar-refractivity contribution in [1.82, 2.24) is 30.1 Å². The van der Waals surface area contributed by atoms with Crippen molar-refractivity contribution in [2.24, 2.45) is 0 Å². The lowest BCUT2D eigenvalue weighted by molar-refractivity contribution is -0.116. The van der Waals surface area contributed by atoms with Gasteiger partial charge in [0, 0.05) is 19.5 Å². The number of hydrogen-bond donors (Lipinski definition) is 3. The number of aromatic amines is 1. The Morgan fingerprint density at radius 3 is 2.83 bits per heavy atom. The molecule has 24 heavy (non-hydrogen) atoms. The number of anilines is 2. The minimum Gasteiger partial charge on any atom is -0.331 e. The summed E-state index contributed by atoms with van der Waals surface area (Å²) in [6.07, 6.45) is 1.48. The standard InChI is InChI=1S/C14H16N8O2/c1-21(2)14(24)15-11-7-22(20-18-11)8-12(23)16-13-9-5-3-4-6-10(9)17-19-13/h3-7H,8H2,1-2H3,(H,15,24)(H2,16,17,19,23). The number of H-pyrrole nitrogens is 1. The number of amides is 3. The van der Waals surface area contributed by atoms with Gasteiger partial charge < -0.3 is 10.2 Å². The first kappa shape index (κ1) is 15.5. The summed E-state index contributed by atoms with van der Waals surface area (Å²) in [7, 11) is 3.23. The van der Waals surface area contributed by atoms with Gasteiger partial charge in [-0.25, -0.2) is 9.48 Å². The molecule has 0 spiro atoms. The number of nitrogens with zero attached hydrogens (tertiary/aromatic N) is 5. The van der Waals surface area contributed by atoms with Gasteiger partial charge in [-0.2, -0.15) is 5.10 Å². The minimum atomic E-state index is -0.325. The van der Waals surface area contributed by atoms with Gasteiger partial charge in [0.25, 0.3) is 0 Å². The Bertz CT molecular complexity index is 882. The quantitative estimate of drug-likeness (QED) is 0.656. The Hall–Kier alpha value is -3.43. The summed E-state index contributed by atoms with van der Waals surface area (Å²) in [5.74, 6) is 0.422. The molecule has 0 saturated heterocycles. The molecule has 0 unspecified atom stereocenters. The number of carbonyl (C=O) groups excluding carboxylic acids is 2. The van der Waals surface area contributed by atoms with Crippen LogP contribution in [0.4, 0.5) is 16.4 Å². The van der Waals surface area contributed by atoms with Crippen LogP contribution in [0.1, 0.15) is 0 Å². The van der Waals surface area contributed by atoms with Gasteiger partial charge in [0.15, 0.2) is 11.6 Å². The van der Waals surface area contributed by atoms with Crippen molar-refractivity contribution < 1.29 is 9.59 Å². The zero-order chi connectivity index (χ0) is 17.1. The Labute approximate surface area is 136 Å². The molecule has 0 aliphatic carbocycles. The topological polar surface area (TPSA) is 121 Å². The SMILES string of the molecule is CN(C)C(=O)Nc1cn(CC(=O)Nc2n[nH]c3ccccc23)nn1. The number of hydrogen-bond acceptors (Lipinski definition) is 5. The van der Waals surface area contributed by atoms with E-state index in [4.69, 9.17) is 0 Å². The maximum absolute atomic E-state index is 12.1. The Morgan fingerprint density at radius 2 is 2.04 bits per heavy atom. The fraction of sp³-hybridized carbons (Fsp3) is 0.214. The number of rotatable bonds is 4. The largest absolute Gasteiger partial charge is 0.331 e. The molecule has 1 aromatic carbocycles. The number of nitrogens with one attached hydrogen (secondary N) is 3. The van der Waals surface area contributed by atoms with E-state index in [2.05, 4.69) is 31.1 Å². The van der Waals surface area contributed by atoms with Crippen LogP contribution in [0.15, 0.2) is 30.5 Å². The van der Waals surface area contributed by atoms with Crippen molar-refractivity contribution in [2.45, 2.75) is 6.54 Å². The summed E-state index contributed by atoms with van der Waals surface area (Å²) < 4.78 is 1.33. The van der Waals surface area contributed by atoms with Gasteiger partial charge >= 0.3 is 6.03 Å². The third kappa shape index (κ3) is 3.32. The van der Waals surface area contributed by atoms with E-state index in [1.54, 1.807) is 14.1 Å². The number of para-hydroxylation sites is 1. The molecule has 3 amide bonds. The summed E-state index contributed by atoms with van der Waals surface area (Å²) in [6.45, 7) is -0.0496. The monoisotopic (exact) mass is 328 g/mol. The second kappa shape index (κ2) is 6.36. The normalized spacial score (nSPS) is 10.6. The molecule has 0 aliphatic rings. The Kier molecular flexibility index (Phi) is 4.10. The van der Waals surface area contributed by atoms with E-state index < -0.39 is 0 Å². The molecule has 3 aromatic rings. The summed E-state index contributed by atoms with van der Waals surface area (Å²) in [5.41, 5.74) is 0.835. The van der Waals surface area contributed by atoms with Crippen molar-refractivity contribution in [3.63, 3.8) is 0 Å². The molecule has 3 N–H and O–H groups in total. The lowest BCUT2D eigenvalue weighted by Gasteiger charge is -2.08. The average Bonchev–Trinajstić information content (AvgIpc) is 3.15. The van der Waals surface area contributed by atoms with Crippen LogP contribution in [-0.2, 0) is 11.3 Å². The predicted molar refractivity (Wildman–Crippen MR) is 87.5 cm³/mol. The number of aromatic nitrogens is 5. The van der Waals surface area contributed by atoms with E-state index in [0.29, 0.717) is 5.82 Å². The highest BCUT2D eigenvalue weighted by Gasteiger charge is 2.12. The van der Waals surface area contributed by atoms with Gasteiger partial charge in [0.1, 0.15) is 6.54 Å². The van der Waals surface area contributed by atoms with E-state index in [-0.39, 0.29) is 24.3 Å². The van der Waals surface area contributed by atoms with E-state index in [9.17, 15) is 9.59 Å². The number of fused-ring (bicyclic) bond motifs is 1. The van der Waals surface area contributed by atoms with Crippen LogP contribution in [0.5, 0.6) is 0 Å². The smallest absolute Gasteiger partial charge is 0.322 e. The molecule has 10 nitrogen and oxygen atoms in total. The second-order valence-corrected chi connectivity index (χ2v) is 5.29. The Morgan fingerprint density at radius 1 is 1.25 bits per heavy atom. The number of carbonyl (C=O) groups is 2. The molecule has 2 aromatic heterocycles. The highest BCUT2D eigenvalue weighted by atomic mass is 16.2. The van der Waals surface area contributed by atoms with Gasteiger partial charge in [-0.05, 0) is 12.1 Å². The van der Waals surface area contributed by atoms with E-state index in [0.717, 1.165) is 10.9 Å². The van der Waals surface area contributed by atoms with Crippen LogP contribution in [0.25, 0.3) is 10.9 Å². The first-order chi connectivity index (χ1) is 11.5. The molecule has 0 aliphatic heterocycles. The first-order valence-electron chi connectivity index (χ1n) is 7.14. The fourth-order valence-corrected chi connectivity index (χ4v) is 2.03. The molecular weight excluding hydrogens is 312 g/mol. The van der Waals surface area contributed by atoms with Crippen LogP contribution in [0.3, 0.4) is 0 Å². The first-order valence-corrected chi connectivity index (χ1v) is 7.14. The van der Waals surface area contributed by atoms with Gasteiger partial charge in [-0.15, -0.1) is 5.10 Å². The lowest BCUT2D eigenvalue weighted by Crippen LogP contribution is -2.27. The summed E-state index contributed by atoms with van der Waals surface area (Å²) in [6, 6.07) is 7.15. The second-order valence-electron chi connectivity index (χ2n) is 5.29. The number of benzene rings is 1. The zero-order valence-corrected chi connectivity index (χ0v) is 13.1. The molecule has 124 valence electrons. The van der Waals surface area contributed by atoms with Crippen LogP contribution in [-0.4, -0.2) is 56.1 Å². The van der Waals surface area contributed by atoms with Crippen molar-refractivity contribution >= 4 is 34.5 Å². The average molecular weight is 328 g/mol. The molecule has 0 fully saturated rings. The lowest BCUT2D eigenvalue weighted by atomic mass is 10.2. The molecule has 0 saturated carbocycles. The highest BCUT2D eigenvalue weighted by Crippen LogP contribution is 2.19. The maximum atomic E-state index is 12.1. The summed E-state index contributed by atoms with van der Waals surface area (Å²) >= 11 is 0. The van der Waals surface area contributed by atoms with Crippen molar-refractivity contribution in [3.05, 3.63) is 30.5 Å². The minimum absolute atomic E-state index is 0.0496. The molecule has 3 rings (SSSR count). The fourth-order valence-electron chi connectivity index (χ4n) is 2.03. The van der Waals surface area contributed by atoms with Crippen LogP contribution < -0.4 is 10.6 Å². The molecular formula is C14H16N8O2. The van der Waals surface area contributed by atoms with Crippen molar-refractivity contribution in [2.75, 3.05) is 24.7 Å². The Balaban J connectivity index is 1.63. The molecule has 0 atom stereocenters. The summed E-state index contributed by atoms with van der Waals surface area (Å²) in [5, 5.41) is 20.6. The van der Waals surface area contributed by atoms with E-state index in [1.165, 1.54) is 15.8 Å². The molecule has 10 heteroatoms. The van der Waals surface area contributed by atoms with Gasteiger partial charge in [0.2, 0.25) is 5.91 Å². The predicted octanol–water partition coefficient (Wildman–Crippen LogP) is 0.887. The van der Waals surface area contributed by atoms with Crippen LogP contribution in [0.2, 0.25) is 0 Å². The zero-order valence-electron chi connectivity index (χ0n) is 13.1. The molecule has 0 bridgehead atoms. The highest BCUT2D eigenvalue weighted by molar-refractivity contribution is 5.99. The number of urea groups is 1. The van der Waals surface area contributed by atoms with E-state index in [1.807, 2.05) is 24.3 Å². The van der Waals surface area contributed by atoms with Crippen LogP contribution in [0, 0.1) is 0 Å². The summed E-state index contributed by atoms with van der Waals surface area (Å²) in [4.78, 5) is 25.0. The van der Waals surface area contributed by atoms with Gasteiger partial charge in [-0.3, -0.25) is 15.2 Å².